The summed E-state index contributed by atoms with van der Waals surface area (Å²) in [6.45, 7) is 11.1. The molecule has 0 aliphatic carbocycles. The number of aromatic nitrogens is 2. The van der Waals surface area contributed by atoms with Crippen LogP contribution in [0.2, 0.25) is 0 Å². The van der Waals surface area contributed by atoms with Gasteiger partial charge in [0, 0.05) is 19.6 Å². The molecule has 1 rings (SSSR count). The van der Waals surface area contributed by atoms with Crippen molar-refractivity contribution in [2.75, 3.05) is 23.8 Å². The van der Waals surface area contributed by atoms with Crippen molar-refractivity contribution in [1.29, 1.82) is 0 Å². The Bertz CT molecular complexity index is 400. The van der Waals surface area contributed by atoms with Crippen LogP contribution in [0.4, 0.5) is 16.2 Å². The first-order chi connectivity index (χ1) is 8.27. The average Bonchev–Trinajstić information content (AvgIpc) is 2.29. The fourth-order valence-corrected chi connectivity index (χ4v) is 1.61. The van der Waals surface area contributed by atoms with Gasteiger partial charge in [-0.1, -0.05) is 20.8 Å². The Morgan fingerprint density at radius 1 is 1.44 bits per heavy atom. The lowest BCUT2D eigenvalue weighted by atomic mass is 9.87. The third-order valence-electron chi connectivity index (χ3n) is 3.23. The quantitative estimate of drug-likeness (QED) is 0.897. The highest BCUT2D eigenvalue weighted by atomic mass is 19.1. The molecular formula is C13H23FN4. The zero-order valence-corrected chi connectivity index (χ0v) is 12.1. The second-order valence-corrected chi connectivity index (χ2v) is 5.55. The highest BCUT2D eigenvalue weighted by Gasteiger charge is 2.26. The van der Waals surface area contributed by atoms with Crippen molar-refractivity contribution in [1.82, 2.24) is 9.97 Å². The van der Waals surface area contributed by atoms with Crippen molar-refractivity contribution in [3.8, 4) is 0 Å². The zero-order chi connectivity index (χ0) is 13.9. The monoisotopic (exact) mass is 254 g/mol. The maximum atomic E-state index is 13.8. The van der Waals surface area contributed by atoms with Crippen molar-refractivity contribution in [2.45, 2.75) is 40.7 Å². The largest absolute Gasteiger partial charge is 0.354 e. The molecule has 0 saturated carbocycles. The molecule has 0 spiro atoms. The van der Waals surface area contributed by atoms with Gasteiger partial charge in [-0.3, -0.25) is 0 Å². The molecule has 1 atom stereocenters. The normalized spacial score (nSPS) is 13.3. The van der Waals surface area contributed by atoms with E-state index in [2.05, 4.69) is 43.0 Å². The molecule has 0 fully saturated rings. The molecule has 0 bridgehead atoms. The number of hydrogen-bond donors (Lipinski definition) is 1. The molecule has 102 valence electrons. The highest BCUT2D eigenvalue weighted by molar-refractivity contribution is 5.44. The Hall–Kier alpha value is -1.39. The molecule has 0 saturated heterocycles. The molecule has 0 amide bonds. The number of hydrogen-bond acceptors (Lipinski definition) is 4. The minimum absolute atomic E-state index is 0.0461. The van der Waals surface area contributed by atoms with Crippen LogP contribution in [-0.4, -0.2) is 29.6 Å². The Morgan fingerprint density at radius 2 is 2.06 bits per heavy atom. The number of nitrogens with zero attached hydrogens (tertiary/aromatic N) is 3. The Morgan fingerprint density at radius 3 is 2.56 bits per heavy atom. The van der Waals surface area contributed by atoms with Crippen LogP contribution in [0, 0.1) is 11.2 Å². The molecule has 0 aliphatic rings. The molecule has 1 N–H and O–H groups in total. The van der Waals surface area contributed by atoms with E-state index in [0.717, 1.165) is 0 Å². The molecule has 1 unspecified atom stereocenters. The standard InChI is InChI=1S/C13H23FN4/c1-7-15-12-16-8-10(14)11(17-12)18(6)9(2)13(3,4)5/h8-9H,7H2,1-6H3,(H,15,16,17). The van der Waals surface area contributed by atoms with Crippen LogP contribution < -0.4 is 10.2 Å². The van der Waals surface area contributed by atoms with E-state index in [0.29, 0.717) is 18.3 Å². The molecular weight excluding hydrogens is 231 g/mol. The summed E-state index contributed by atoms with van der Waals surface area (Å²) in [5.41, 5.74) is 0.0461. The molecule has 5 heteroatoms. The lowest BCUT2D eigenvalue weighted by molar-refractivity contribution is 0.326. The average molecular weight is 254 g/mol. The summed E-state index contributed by atoms with van der Waals surface area (Å²) >= 11 is 0. The zero-order valence-electron chi connectivity index (χ0n) is 12.1. The first-order valence-corrected chi connectivity index (χ1v) is 6.26. The number of nitrogens with one attached hydrogen (secondary N) is 1. The van der Waals surface area contributed by atoms with Gasteiger partial charge in [0.2, 0.25) is 5.95 Å². The van der Waals surface area contributed by atoms with Gasteiger partial charge in [0.05, 0.1) is 6.20 Å². The first-order valence-electron chi connectivity index (χ1n) is 6.26. The summed E-state index contributed by atoms with van der Waals surface area (Å²) < 4.78 is 13.8. The fraction of sp³-hybridized carbons (Fsp3) is 0.692. The van der Waals surface area contributed by atoms with Crippen molar-refractivity contribution in [3.05, 3.63) is 12.0 Å². The topological polar surface area (TPSA) is 41.1 Å². The van der Waals surface area contributed by atoms with E-state index in [4.69, 9.17) is 0 Å². The summed E-state index contributed by atoms with van der Waals surface area (Å²) in [4.78, 5) is 9.99. The van der Waals surface area contributed by atoms with Crippen molar-refractivity contribution in [3.63, 3.8) is 0 Å². The minimum atomic E-state index is -0.393. The summed E-state index contributed by atoms with van der Waals surface area (Å²) in [5.74, 6) is 0.403. The molecule has 18 heavy (non-hydrogen) atoms. The fourth-order valence-electron chi connectivity index (χ4n) is 1.61. The van der Waals surface area contributed by atoms with Crippen LogP contribution in [0.1, 0.15) is 34.6 Å². The molecule has 0 radical (unpaired) electrons. The summed E-state index contributed by atoms with van der Waals surface area (Å²) in [5, 5.41) is 2.99. The van der Waals surface area contributed by atoms with Gasteiger partial charge >= 0.3 is 0 Å². The predicted molar refractivity (Wildman–Crippen MR) is 73.5 cm³/mol. The second-order valence-electron chi connectivity index (χ2n) is 5.55. The van der Waals surface area contributed by atoms with Crippen molar-refractivity contribution >= 4 is 11.8 Å². The number of anilines is 2. The molecule has 1 heterocycles. The van der Waals surface area contributed by atoms with E-state index in [1.165, 1.54) is 6.20 Å². The molecule has 1 aromatic rings. The number of rotatable bonds is 4. The highest BCUT2D eigenvalue weighted by Crippen LogP contribution is 2.27. The van der Waals surface area contributed by atoms with E-state index in [-0.39, 0.29) is 11.5 Å². The SMILES string of the molecule is CCNc1ncc(F)c(N(C)C(C)C(C)(C)C)n1. The number of halogens is 1. The minimum Gasteiger partial charge on any atom is -0.354 e. The van der Waals surface area contributed by atoms with E-state index in [9.17, 15) is 4.39 Å². The van der Waals surface area contributed by atoms with Gasteiger partial charge in [-0.15, -0.1) is 0 Å². The van der Waals surface area contributed by atoms with Crippen LogP contribution in [0.15, 0.2) is 6.20 Å². The summed E-state index contributed by atoms with van der Waals surface area (Å²) in [6.07, 6.45) is 1.21. The van der Waals surface area contributed by atoms with Crippen LogP contribution in [0.25, 0.3) is 0 Å². The molecule has 1 aromatic heterocycles. The van der Waals surface area contributed by atoms with Crippen LogP contribution in [0.3, 0.4) is 0 Å². The van der Waals surface area contributed by atoms with Gasteiger partial charge in [-0.05, 0) is 19.3 Å². The molecule has 0 aliphatic heterocycles. The lowest BCUT2D eigenvalue weighted by Crippen LogP contribution is -2.40. The Kier molecular flexibility index (Phi) is 4.48. The summed E-state index contributed by atoms with van der Waals surface area (Å²) in [6, 6.07) is 0.163. The summed E-state index contributed by atoms with van der Waals surface area (Å²) in [7, 11) is 1.86. The van der Waals surface area contributed by atoms with E-state index in [1.807, 2.05) is 18.9 Å². The van der Waals surface area contributed by atoms with Gasteiger partial charge < -0.3 is 10.2 Å². The van der Waals surface area contributed by atoms with E-state index in [1.54, 1.807) is 0 Å². The maximum Gasteiger partial charge on any atom is 0.224 e. The van der Waals surface area contributed by atoms with Gasteiger partial charge in [-0.25, -0.2) is 9.37 Å². The van der Waals surface area contributed by atoms with E-state index >= 15 is 0 Å². The third-order valence-corrected chi connectivity index (χ3v) is 3.23. The van der Waals surface area contributed by atoms with E-state index < -0.39 is 5.82 Å². The molecule has 4 nitrogen and oxygen atoms in total. The van der Waals surface area contributed by atoms with Crippen LogP contribution in [0.5, 0.6) is 0 Å². The van der Waals surface area contributed by atoms with Crippen LogP contribution in [-0.2, 0) is 0 Å². The predicted octanol–water partition coefficient (Wildman–Crippen LogP) is 2.92. The lowest BCUT2D eigenvalue weighted by Gasteiger charge is -2.36. The second kappa shape index (κ2) is 5.50. The maximum absolute atomic E-state index is 13.8. The smallest absolute Gasteiger partial charge is 0.224 e. The van der Waals surface area contributed by atoms with Crippen LogP contribution >= 0.6 is 0 Å². The van der Waals surface area contributed by atoms with Gasteiger partial charge in [0.15, 0.2) is 11.6 Å². The third kappa shape index (κ3) is 3.31. The Balaban J connectivity index is 3.04. The van der Waals surface area contributed by atoms with Crippen molar-refractivity contribution in [2.24, 2.45) is 5.41 Å². The van der Waals surface area contributed by atoms with Crippen molar-refractivity contribution < 1.29 is 4.39 Å². The van der Waals surface area contributed by atoms with Gasteiger partial charge in [-0.2, -0.15) is 4.98 Å². The van der Waals surface area contributed by atoms with Gasteiger partial charge in [0.25, 0.3) is 0 Å². The Labute approximate surface area is 109 Å². The molecule has 0 aromatic carbocycles. The van der Waals surface area contributed by atoms with Gasteiger partial charge in [0.1, 0.15) is 0 Å². The first kappa shape index (κ1) is 14.7.